The van der Waals surface area contributed by atoms with Crippen LogP contribution in [0.1, 0.15) is 53.3 Å². The van der Waals surface area contributed by atoms with Gasteiger partial charge in [0.1, 0.15) is 5.60 Å². The number of rotatable bonds is 5. The van der Waals surface area contributed by atoms with Crippen LogP contribution >= 0.6 is 0 Å². The second-order valence-corrected chi connectivity index (χ2v) is 7.21. The number of hydrogen-bond donors (Lipinski definition) is 1. The molecule has 0 spiro atoms. The van der Waals surface area contributed by atoms with Gasteiger partial charge < -0.3 is 19.5 Å². The van der Waals surface area contributed by atoms with Gasteiger partial charge in [0.15, 0.2) is 5.82 Å². The smallest absolute Gasteiger partial charge is 0.410 e. The third-order valence-corrected chi connectivity index (χ3v) is 2.79. The highest BCUT2D eigenvalue weighted by atomic mass is 16.6. The summed E-state index contributed by atoms with van der Waals surface area (Å²) in [5.41, 5.74) is -0.817. The SMILES string of the molecule is Cc1nc(CNCCN(C(=O)OC(C)(C)C)C(C)(C)C)no1. The molecule has 0 aliphatic carbocycles. The maximum atomic E-state index is 12.3. The van der Waals surface area contributed by atoms with Gasteiger partial charge in [-0.1, -0.05) is 5.16 Å². The lowest BCUT2D eigenvalue weighted by atomic mass is 10.1. The van der Waals surface area contributed by atoms with Crippen LogP contribution in [0.5, 0.6) is 0 Å². The van der Waals surface area contributed by atoms with Crippen LogP contribution in [0.15, 0.2) is 4.52 Å². The summed E-state index contributed by atoms with van der Waals surface area (Å²) in [7, 11) is 0. The maximum absolute atomic E-state index is 12.3. The molecule has 0 fully saturated rings. The average molecular weight is 312 g/mol. The minimum atomic E-state index is -0.504. The summed E-state index contributed by atoms with van der Waals surface area (Å²) >= 11 is 0. The van der Waals surface area contributed by atoms with Gasteiger partial charge in [-0.05, 0) is 41.5 Å². The number of aryl methyl sites for hydroxylation is 1. The van der Waals surface area contributed by atoms with E-state index in [2.05, 4.69) is 15.5 Å². The van der Waals surface area contributed by atoms with Crippen molar-refractivity contribution in [2.24, 2.45) is 0 Å². The highest BCUT2D eigenvalue weighted by Crippen LogP contribution is 2.17. The Balaban J connectivity index is 2.50. The van der Waals surface area contributed by atoms with Crippen LogP contribution in [-0.2, 0) is 11.3 Å². The maximum Gasteiger partial charge on any atom is 0.410 e. The van der Waals surface area contributed by atoms with E-state index in [9.17, 15) is 4.79 Å². The van der Waals surface area contributed by atoms with Crippen LogP contribution in [0, 0.1) is 6.92 Å². The van der Waals surface area contributed by atoms with E-state index in [1.807, 2.05) is 41.5 Å². The zero-order valence-electron chi connectivity index (χ0n) is 14.7. The molecule has 0 aliphatic heterocycles. The molecule has 1 amide bonds. The molecule has 1 aromatic rings. The zero-order valence-corrected chi connectivity index (χ0v) is 14.7. The van der Waals surface area contributed by atoms with E-state index in [4.69, 9.17) is 9.26 Å². The minimum absolute atomic E-state index is 0.308. The molecule has 7 nitrogen and oxygen atoms in total. The number of nitrogens with zero attached hydrogens (tertiary/aromatic N) is 3. The molecular weight excluding hydrogens is 284 g/mol. The van der Waals surface area contributed by atoms with Crippen LogP contribution < -0.4 is 5.32 Å². The first-order valence-corrected chi connectivity index (χ1v) is 7.49. The van der Waals surface area contributed by atoms with E-state index in [0.29, 0.717) is 31.3 Å². The normalized spacial score (nSPS) is 12.3. The first-order chi connectivity index (χ1) is 9.99. The van der Waals surface area contributed by atoms with Gasteiger partial charge in [0.05, 0.1) is 6.54 Å². The molecular formula is C15H28N4O3. The highest BCUT2D eigenvalue weighted by molar-refractivity contribution is 5.69. The molecule has 0 unspecified atom stereocenters. The van der Waals surface area contributed by atoms with E-state index in [0.717, 1.165) is 0 Å². The highest BCUT2D eigenvalue weighted by Gasteiger charge is 2.30. The first kappa shape index (κ1) is 18.4. The van der Waals surface area contributed by atoms with Crippen molar-refractivity contribution in [3.63, 3.8) is 0 Å². The summed E-state index contributed by atoms with van der Waals surface area (Å²) in [6.07, 6.45) is -0.308. The molecule has 22 heavy (non-hydrogen) atoms. The lowest BCUT2D eigenvalue weighted by molar-refractivity contribution is 0.00662. The van der Waals surface area contributed by atoms with Crippen molar-refractivity contribution >= 4 is 6.09 Å². The molecule has 0 aromatic carbocycles. The second-order valence-electron chi connectivity index (χ2n) is 7.21. The Bertz CT molecular complexity index is 486. The molecule has 0 aliphatic rings. The van der Waals surface area contributed by atoms with E-state index >= 15 is 0 Å². The molecule has 126 valence electrons. The summed E-state index contributed by atoms with van der Waals surface area (Å²) in [5.74, 6) is 1.15. The van der Waals surface area contributed by atoms with Crippen molar-refractivity contribution in [1.29, 1.82) is 0 Å². The number of ether oxygens (including phenoxy) is 1. The van der Waals surface area contributed by atoms with Crippen molar-refractivity contribution in [3.05, 3.63) is 11.7 Å². The first-order valence-electron chi connectivity index (χ1n) is 7.49. The van der Waals surface area contributed by atoms with Gasteiger partial charge in [-0.2, -0.15) is 4.98 Å². The number of amides is 1. The van der Waals surface area contributed by atoms with Gasteiger partial charge in [-0.3, -0.25) is 0 Å². The van der Waals surface area contributed by atoms with E-state index in [1.165, 1.54) is 0 Å². The second kappa shape index (κ2) is 7.09. The fraction of sp³-hybridized carbons (Fsp3) is 0.800. The number of aromatic nitrogens is 2. The predicted molar refractivity (Wildman–Crippen MR) is 83.4 cm³/mol. The number of carbonyl (C=O) groups excluding carboxylic acids is 1. The van der Waals surface area contributed by atoms with E-state index in [-0.39, 0.29) is 11.6 Å². The molecule has 0 atom stereocenters. The topological polar surface area (TPSA) is 80.5 Å². The predicted octanol–water partition coefficient (Wildman–Crippen LogP) is 2.50. The third kappa shape index (κ3) is 6.43. The fourth-order valence-corrected chi connectivity index (χ4v) is 1.82. The molecule has 0 bridgehead atoms. The van der Waals surface area contributed by atoms with Crippen LogP contribution in [0.25, 0.3) is 0 Å². The Kier molecular flexibility index (Phi) is 5.93. The molecule has 1 rings (SSSR count). The van der Waals surface area contributed by atoms with Gasteiger partial charge in [0.25, 0.3) is 0 Å². The summed E-state index contributed by atoms with van der Waals surface area (Å²) in [6, 6.07) is 0. The summed E-state index contributed by atoms with van der Waals surface area (Å²) in [6.45, 7) is 15.0. The van der Waals surface area contributed by atoms with Crippen molar-refractivity contribution in [3.8, 4) is 0 Å². The van der Waals surface area contributed by atoms with Crippen molar-refractivity contribution in [2.45, 2.75) is 66.2 Å². The largest absolute Gasteiger partial charge is 0.444 e. The van der Waals surface area contributed by atoms with Crippen molar-refractivity contribution in [1.82, 2.24) is 20.4 Å². The summed E-state index contributed by atoms with van der Waals surface area (Å²) in [5, 5.41) is 7.01. The van der Waals surface area contributed by atoms with Gasteiger partial charge in [-0.25, -0.2) is 4.79 Å². The summed E-state index contributed by atoms with van der Waals surface area (Å²) < 4.78 is 10.4. The molecule has 0 radical (unpaired) electrons. The Morgan fingerprint density at radius 2 is 1.91 bits per heavy atom. The number of carbonyl (C=O) groups is 1. The van der Waals surface area contributed by atoms with Gasteiger partial charge in [0, 0.05) is 25.6 Å². The monoisotopic (exact) mass is 312 g/mol. The Labute approximate surface area is 132 Å². The zero-order chi connectivity index (χ0) is 17.0. The molecule has 1 aromatic heterocycles. The Hall–Kier alpha value is -1.63. The van der Waals surface area contributed by atoms with Gasteiger partial charge in [0.2, 0.25) is 5.89 Å². The standard InChI is InChI=1S/C15H28N4O3/c1-11-17-12(18-22-11)10-16-8-9-19(14(2,3)4)13(20)21-15(5,6)7/h16H,8-10H2,1-7H3. The van der Waals surface area contributed by atoms with Gasteiger partial charge in [-0.15, -0.1) is 0 Å². The van der Waals surface area contributed by atoms with Gasteiger partial charge >= 0.3 is 6.09 Å². The van der Waals surface area contributed by atoms with Crippen LogP contribution in [0.4, 0.5) is 4.79 Å². The fourth-order valence-electron chi connectivity index (χ4n) is 1.82. The Morgan fingerprint density at radius 3 is 2.36 bits per heavy atom. The Morgan fingerprint density at radius 1 is 1.27 bits per heavy atom. The van der Waals surface area contributed by atoms with Crippen LogP contribution in [-0.4, -0.2) is 45.4 Å². The molecule has 0 saturated carbocycles. The minimum Gasteiger partial charge on any atom is -0.444 e. The quantitative estimate of drug-likeness (QED) is 0.841. The average Bonchev–Trinajstić information content (AvgIpc) is 2.70. The number of nitrogens with one attached hydrogen (secondary N) is 1. The summed E-state index contributed by atoms with van der Waals surface area (Å²) in [4.78, 5) is 18.1. The van der Waals surface area contributed by atoms with Crippen molar-refractivity contribution < 1.29 is 14.1 Å². The molecule has 1 heterocycles. The van der Waals surface area contributed by atoms with Crippen LogP contribution in [0.3, 0.4) is 0 Å². The molecule has 0 saturated heterocycles. The van der Waals surface area contributed by atoms with E-state index < -0.39 is 5.60 Å². The third-order valence-electron chi connectivity index (χ3n) is 2.79. The number of hydrogen-bond acceptors (Lipinski definition) is 6. The van der Waals surface area contributed by atoms with E-state index in [1.54, 1.807) is 11.8 Å². The molecule has 1 N–H and O–H groups in total. The van der Waals surface area contributed by atoms with Crippen LogP contribution in [0.2, 0.25) is 0 Å². The lowest BCUT2D eigenvalue weighted by Crippen LogP contribution is -2.50. The molecule has 7 heteroatoms. The van der Waals surface area contributed by atoms with Crippen molar-refractivity contribution in [2.75, 3.05) is 13.1 Å². The lowest BCUT2D eigenvalue weighted by Gasteiger charge is -2.36.